The largest absolute Gasteiger partial charge is 0.482 e. The minimum absolute atomic E-state index is 0.0266. The van der Waals surface area contributed by atoms with Crippen molar-refractivity contribution in [3.8, 4) is 5.75 Å². The van der Waals surface area contributed by atoms with Crippen molar-refractivity contribution >= 4 is 17.5 Å². The Morgan fingerprint density at radius 3 is 2.82 bits per heavy atom. The molecule has 1 N–H and O–H groups in total. The summed E-state index contributed by atoms with van der Waals surface area (Å²) >= 11 is 0. The van der Waals surface area contributed by atoms with Gasteiger partial charge in [0.1, 0.15) is 12.3 Å². The summed E-state index contributed by atoms with van der Waals surface area (Å²) in [4.78, 5) is 32.4. The Bertz CT molecular complexity index is 886. The minimum atomic E-state index is -0.577. The van der Waals surface area contributed by atoms with Crippen LogP contribution in [0.2, 0.25) is 0 Å². The molecule has 2 atom stereocenters. The first-order valence-electron chi connectivity index (χ1n) is 9.40. The van der Waals surface area contributed by atoms with Gasteiger partial charge in [0.2, 0.25) is 5.91 Å². The van der Waals surface area contributed by atoms with E-state index in [-0.39, 0.29) is 37.4 Å². The predicted octanol–water partition coefficient (Wildman–Crippen LogP) is 1.18. The van der Waals surface area contributed by atoms with Crippen molar-refractivity contribution in [2.75, 3.05) is 31.1 Å². The number of likely N-dealkylation sites (tertiary alicyclic amines) is 1. The SMILES string of the molecule is Cc1ccc2c(c1)N(CC(=O)N1C[C@@H](Cc3ccncc3)[C@@H](O)C1)C(=O)CO2. The maximum absolute atomic E-state index is 12.9. The van der Waals surface area contributed by atoms with E-state index in [1.165, 1.54) is 4.90 Å². The topological polar surface area (TPSA) is 83.0 Å². The second-order valence-corrected chi connectivity index (χ2v) is 7.43. The number of fused-ring (bicyclic) bond motifs is 1. The first-order chi connectivity index (χ1) is 13.5. The zero-order chi connectivity index (χ0) is 19.7. The number of benzene rings is 1. The number of β-amino-alcohol motifs (C(OH)–C–C–N with tert-alkyl or cyclic N) is 1. The first-order valence-corrected chi connectivity index (χ1v) is 9.40. The van der Waals surface area contributed by atoms with Gasteiger partial charge in [-0.15, -0.1) is 0 Å². The molecule has 3 heterocycles. The van der Waals surface area contributed by atoms with E-state index in [9.17, 15) is 14.7 Å². The van der Waals surface area contributed by atoms with Gasteiger partial charge < -0.3 is 14.7 Å². The fourth-order valence-electron chi connectivity index (χ4n) is 3.80. The average Bonchev–Trinajstić information content (AvgIpc) is 3.05. The minimum Gasteiger partial charge on any atom is -0.482 e. The number of aryl methyl sites for hydroxylation is 1. The number of aromatic nitrogens is 1. The first kappa shape index (κ1) is 18.4. The van der Waals surface area contributed by atoms with Crippen LogP contribution in [0, 0.1) is 12.8 Å². The second kappa shape index (κ2) is 7.59. The molecule has 0 aliphatic carbocycles. The number of ether oxygens (including phenoxy) is 1. The van der Waals surface area contributed by atoms with E-state index < -0.39 is 6.10 Å². The van der Waals surface area contributed by atoms with Gasteiger partial charge in [0, 0.05) is 31.4 Å². The van der Waals surface area contributed by atoms with Crippen LogP contribution in [0.5, 0.6) is 5.75 Å². The summed E-state index contributed by atoms with van der Waals surface area (Å²) in [6.45, 7) is 2.57. The standard InChI is InChI=1S/C21H23N3O4/c1-14-2-3-19-17(8-14)24(21(27)13-28-19)12-20(26)23-10-16(18(25)11-23)9-15-4-6-22-7-5-15/h2-8,16,18,25H,9-13H2,1H3/t16-,18+/m1/s1. The van der Waals surface area contributed by atoms with E-state index in [2.05, 4.69) is 4.98 Å². The number of carbonyl (C=O) groups is 2. The molecule has 1 saturated heterocycles. The third kappa shape index (κ3) is 3.71. The molecule has 1 aromatic carbocycles. The summed E-state index contributed by atoms with van der Waals surface area (Å²) in [5.74, 6) is 0.176. The highest BCUT2D eigenvalue weighted by Crippen LogP contribution is 2.33. The number of rotatable bonds is 4. The van der Waals surface area contributed by atoms with Gasteiger partial charge in [-0.25, -0.2) is 0 Å². The Hall–Kier alpha value is -2.93. The fraction of sp³-hybridized carbons (Fsp3) is 0.381. The lowest BCUT2D eigenvalue weighted by Gasteiger charge is -2.30. The number of amides is 2. The molecule has 0 spiro atoms. The van der Waals surface area contributed by atoms with Crippen LogP contribution >= 0.6 is 0 Å². The molecule has 28 heavy (non-hydrogen) atoms. The van der Waals surface area contributed by atoms with Crippen LogP contribution in [0.25, 0.3) is 0 Å². The highest BCUT2D eigenvalue weighted by molar-refractivity contribution is 6.02. The average molecular weight is 381 g/mol. The molecule has 7 heteroatoms. The normalized spacial score (nSPS) is 21.4. The van der Waals surface area contributed by atoms with Crippen molar-refractivity contribution in [3.63, 3.8) is 0 Å². The summed E-state index contributed by atoms with van der Waals surface area (Å²) in [5, 5.41) is 10.4. The number of anilines is 1. The van der Waals surface area contributed by atoms with Crippen LogP contribution in [0.1, 0.15) is 11.1 Å². The van der Waals surface area contributed by atoms with Gasteiger partial charge in [-0.3, -0.25) is 19.5 Å². The van der Waals surface area contributed by atoms with Crippen LogP contribution < -0.4 is 9.64 Å². The van der Waals surface area contributed by atoms with E-state index in [4.69, 9.17) is 4.74 Å². The van der Waals surface area contributed by atoms with Crippen LogP contribution in [0.15, 0.2) is 42.7 Å². The summed E-state index contributed by atoms with van der Waals surface area (Å²) in [7, 11) is 0. The maximum atomic E-state index is 12.9. The van der Waals surface area contributed by atoms with Crippen LogP contribution in [0.4, 0.5) is 5.69 Å². The molecule has 0 saturated carbocycles. The van der Waals surface area contributed by atoms with Gasteiger partial charge in [0.15, 0.2) is 6.61 Å². The smallest absolute Gasteiger partial charge is 0.265 e. The number of nitrogens with zero attached hydrogens (tertiary/aromatic N) is 3. The third-order valence-electron chi connectivity index (χ3n) is 5.36. The number of carbonyl (C=O) groups excluding carboxylic acids is 2. The lowest BCUT2D eigenvalue weighted by molar-refractivity contribution is -0.131. The summed E-state index contributed by atoms with van der Waals surface area (Å²) in [6, 6.07) is 9.42. The number of pyridine rings is 1. The Balaban J connectivity index is 1.44. The molecule has 2 aliphatic heterocycles. The monoisotopic (exact) mass is 381 g/mol. The lowest BCUT2D eigenvalue weighted by atomic mass is 9.97. The lowest BCUT2D eigenvalue weighted by Crippen LogP contribution is -2.46. The Morgan fingerprint density at radius 1 is 1.25 bits per heavy atom. The highest BCUT2D eigenvalue weighted by atomic mass is 16.5. The zero-order valence-corrected chi connectivity index (χ0v) is 15.7. The summed E-state index contributed by atoms with van der Waals surface area (Å²) < 4.78 is 5.47. The number of hydrogen-bond acceptors (Lipinski definition) is 5. The third-order valence-corrected chi connectivity index (χ3v) is 5.36. The van der Waals surface area contributed by atoms with Crippen LogP contribution in [0.3, 0.4) is 0 Å². The Kier molecular flexibility index (Phi) is 5.00. The van der Waals surface area contributed by atoms with Crippen molar-refractivity contribution in [3.05, 3.63) is 53.9 Å². The molecule has 0 radical (unpaired) electrons. The molecule has 1 aromatic heterocycles. The number of aliphatic hydroxyl groups excluding tert-OH is 1. The van der Waals surface area contributed by atoms with Crippen LogP contribution in [-0.2, 0) is 16.0 Å². The maximum Gasteiger partial charge on any atom is 0.265 e. The van der Waals surface area contributed by atoms with Gasteiger partial charge in [0.25, 0.3) is 5.91 Å². The van der Waals surface area contributed by atoms with Gasteiger partial charge >= 0.3 is 0 Å². The quantitative estimate of drug-likeness (QED) is 0.860. The number of hydrogen-bond donors (Lipinski definition) is 1. The van der Waals surface area contributed by atoms with Gasteiger partial charge in [-0.1, -0.05) is 6.07 Å². The van der Waals surface area contributed by atoms with E-state index >= 15 is 0 Å². The summed E-state index contributed by atoms with van der Waals surface area (Å²) in [5.41, 5.74) is 2.70. The summed E-state index contributed by atoms with van der Waals surface area (Å²) in [6.07, 6.45) is 3.56. The molecule has 2 aromatic rings. The highest BCUT2D eigenvalue weighted by Gasteiger charge is 2.36. The Labute approximate surface area is 163 Å². The molecule has 2 amide bonds. The van der Waals surface area contributed by atoms with Gasteiger partial charge in [-0.05, 0) is 48.7 Å². The van der Waals surface area contributed by atoms with E-state index in [0.29, 0.717) is 24.4 Å². The van der Waals surface area contributed by atoms with Gasteiger partial charge in [0.05, 0.1) is 11.8 Å². The fourth-order valence-corrected chi connectivity index (χ4v) is 3.80. The predicted molar refractivity (Wildman–Crippen MR) is 103 cm³/mol. The molecular formula is C21H23N3O4. The van der Waals surface area contributed by atoms with Crippen molar-refractivity contribution in [2.24, 2.45) is 5.92 Å². The second-order valence-electron chi connectivity index (χ2n) is 7.43. The van der Waals surface area contributed by atoms with Crippen molar-refractivity contribution in [2.45, 2.75) is 19.4 Å². The van der Waals surface area contributed by atoms with E-state index in [0.717, 1.165) is 11.1 Å². The molecule has 0 bridgehead atoms. The Morgan fingerprint density at radius 2 is 2.04 bits per heavy atom. The molecule has 1 fully saturated rings. The molecule has 0 unspecified atom stereocenters. The zero-order valence-electron chi connectivity index (χ0n) is 15.7. The molecule has 2 aliphatic rings. The number of aliphatic hydroxyl groups is 1. The molecule has 146 valence electrons. The van der Waals surface area contributed by atoms with Crippen molar-refractivity contribution < 1.29 is 19.4 Å². The van der Waals surface area contributed by atoms with E-state index in [1.807, 2.05) is 37.3 Å². The van der Waals surface area contributed by atoms with Crippen molar-refractivity contribution in [1.29, 1.82) is 0 Å². The van der Waals surface area contributed by atoms with Crippen molar-refractivity contribution in [1.82, 2.24) is 9.88 Å². The van der Waals surface area contributed by atoms with Crippen LogP contribution in [-0.4, -0.2) is 59.1 Å². The molecule has 7 nitrogen and oxygen atoms in total. The molecular weight excluding hydrogens is 358 g/mol. The van der Waals surface area contributed by atoms with E-state index in [1.54, 1.807) is 17.3 Å². The molecule has 4 rings (SSSR count). The van der Waals surface area contributed by atoms with Gasteiger partial charge in [-0.2, -0.15) is 0 Å².